The van der Waals surface area contributed by atoms with E-state index in [1.807, 2.05) is 35.7 Å². The topological polar surface area (TPSA) is 60.5 Å². The highest BCUT2D eigenvalue weighted by atomic mass is 32.1. The highest BCUT2D eigenvalue weighted by Gasteiger charge is 2.12. The standard InChI is InChI=1S/C18H18N2O3S2/c1-11(21)19-9-13-5-7-17(25-13)14-10-24-18(20-14)12-4-6-15(22-2)16(8-12)23-3/h4-8,10H,9H2,1-3H3,(H,19,21). The number of hydrogen-bond donors (Lipinski definition) is 1. The molecule has 1 N–H and O–H groups in total. The van der Waals surface area contributed by atoms with Crippen molar-refractivity contribution in [3.63, 3.8) is 0 Å². The zero-order valence-corrected chi connectivity index (χ0v) is 15.8. The van der Waals surface area contributed by atoms with Crippen molar-refractivity contribution in [3.05, 3.63) is 40.6 Å². The lowest BCUT2D eigenvalue weighted by atomic mass is 10.2. The van der Waals surface area contributed by atoms with E-state index in [4.69, 9.17) is 14.5 Å². The summed E-state index contributed by atoms with van der Waals surface area (Å²) in [6.07, 6.45) is 0. The van der Waals surface area contributed by atoms with Crippen molar-refractivity contribution in [3.8, 4) is 32.6 Å². The molecule has 0 aliphatic heterocycles. The summed E-state index contributed by atoms with van der Waals surface area (Å²) in [5.41, 5.74) is 1.93. The van der Waals surface area contributed by atoms with Crippen LogP contribution in [0.25, 0.3) is 21.1 Å². The molecule has 0 fully saturated rings. The number of benzene rings is 1. The summed E-state index contributed by atoms with van der Waals surface area (Å²) < 4.78 is 10.6. The molecule has 0 bridgehead atoms. The molecule has 3 rings (SSSR count). The summed E-state index contributed by atoms with van der Waals surface area (Å²) >= 11 is 3.22. The van der Waals surface area contributed by atoms with Gasteiger partial charge >= 0.3 is 0 Å². The Morgan fingerprint density at radius 2 is 1.96 bits per heavy atom. The molecule has 0 saturated carbocycles. The van der Waals surface area contributed by atoms with Crippen LogP contribution in [-0.2, 0) is 11.3 Å². The molecule has 3 aromatic rings. The summed E-state index contributed by atoms with van der Waals surface area (Å²) in [4.78, 5) is 17.9. The van der Waals surface area contributed by atoms with Gasteiger partial charge in [0.2, 0.25) is 5.91 Å². The first kappa shape index (κ1) is 17.4. The maximum atomic E-state index is 11.0. The van der Waals surface area contributed by atoms with Gasteiger partial charge < -0.3 is 14.8 Å². The van der Waals surface area contributed by atoms with E-state index < -0.39 is 0 Å². The fraction of sp³-hybridized carbons (Fsp3) is 0.222. The van der Waals surface area contributed by atoms with E-state index in [2.05, 4.69) is 5.32 Å². The molecule has 2 aromatic heterocycles. The molecule has 25 heavy (non-hydrogen) atoms. The van der Waals surface area contributed by atoms with Crippen molar-refractivity contribution in [2.24, 2.45) is 0 Å². The molecule has 0 atom stereocenters. The Bertz CT molecular complexity index is 886. The van der Waals surface area contributed by atoms with E-state index in [1.165, 1.54) is 6.92 Å². The maximum Gasteiger partial charge on any atom is 0.217 e. The lowest BCUT2D eigenvalue weighted by Gasteiger charge is -2.08. The first-order valence-electron chi connectivity index (χ1n) is 7.62. The van der Waals surface area contributed by atoms with E-state index in [0.29, 0.717) is 18.0 Å². The van der Waals surface area contributed by atoms with Gasteiger partial charge in [0.05, 0.1) is 31.3 Å². The Balaban J connectivity index is 1.82. The third-order valence-electron chi connectivity index (χ3n) is 3.56. The zero-order chi connectivity index (χ0) is 17.8. The Kier molecular flexibility index (Phi) is 5.35. The number of nitrogens with one attached hydrogen (secondary N) is 1. The Hall–Kier alpha value is -2.38. The number of ether oxygens (including phenoxy) is 2. The number of hydrogen-bond acceptors (Lipinski definition) is 6. The van der Waals surface area contributed by atoms with E-state index in [9.17, 15) is 4.79 Å². The summed E-state index contributed by atoms with van der Waals surface area (Å²) in [6, 6.07) is 9.84. The van der Waals surface area contributed by atoms with Gasteiger partial charge in [0.15, 0.2) is 11.5 Å². The largest absolute Gasteiger partial charge is 0.493 e. The average molecular weight is 374 g/mol. The molecule has 0 saturated heterocycles. The molecule has 0 radical (unpaired) electrons. The van der Waals surface area contributed by atoms with Gasteiger partial charge in [0, 0.05) is 22.7 Å². The predicted molar refractivity (Wildman–Crippen MR) is 101 cm³/mol. The second-order valence-electron chi connectivity index (χ2n) is 5.28. The van der Waals surface area contributed by atoms with Gasteiger partial charge in [-0.05, 0) is 30.3 Å². The molecule has 5 nitrogen and oxygen atoms in total. The second kappa shape index (κ2) is 7.67. The van der Waals surface area contributed by atoms with Crippen LogP contribution in [0.2, 0.25) is 0 Å². The number of amides is 1. The van der Waals surface area contributed by atoms with Gasteiger partial charge in [-0.3, -0.25) is 4.79 Å². The number of rotatable bonds is 6. The van der Waals surface area contributed by atoms with E-state index in [0.717, 1.165) is 26.0 Å². The van der Waals surface area contributed by atoms with Crippen LogP contribution in [0.5, 0.6) is 11.5 Å². The van der Waals surface area contributed by atoms with Gasteiger partial charge in [0.1, 0.15) is 5.01 Å². The van der Waals surface area contributed by atoms with Crippen LogP contribution in [0.15, 0.2) is 35.7 Å². The lowest BCUT2D eigenvalue weighted by Crippen LogP contribution is -2.17. The van der Waals surface area contributed by atoms with E-state index in [-0.39, 0.29) is 5.91 Å². The molecule has 1 amide bonds. The molecule has 130 valence electrons. The molecular formula is C18H18N2O3S2. The fourth-order valence-corrected chi connectivity index (χ4v) is 4.11. The molecule has 0 aliphatic carbocycles. The van der Waals surface area contributed by atoms with Gasteiger partial charge in [-0.2, -0.15) is 0 Å². The number of carbonyl (C=O) groups is 1. The third kappa shape index (κ3) is 4.00. The van der Waals surface area contributed by atoms with Crippen LogP contribution in [0, 0.1) is 0 Å². The van der Waals surface area contributed by atoms with Gasteiger partial charge in [0.25, 0.3) is 0 Å². The quantitative estimate of drug-likeness (QED) is 0.703. The lowest BCUT2D eigenvalue weighted by molar-refractivity contribution is -0.119. The monoisotopic (exact) mass is 374 g/mol. The summed E-state index contributed by atoms with van der Waals surface area (Å²) in [5, 5.41) is 5.77. The van der Waals surface area contributed by atoms with Crippen molar-refractivity contribution in [1.29, 1.82) is 0 Å². The van der Waals surface area contributed by atoms with Crippen LogP contribution in [-0.4, -0.2) is 25.1 Å². The first-order chi connectivity index (χ1) is 12.1. The molecule has 0 unspecified atom stereocenters. The minimum absolute atomic E-state index is 0.0284. The summed E-state index contributed by atoms with van der Waals surface area (Å²) in [6.45, 7) is 2.07. The van der Waals surface area contributed by atoms with Crippen molar-refractivity contribution in [1.82, 2.24) is 10.3 Å². The molecule has 7 heteroatoms. The number of carbonyl (C=O) groups excluding carboxylic acids is 1. The van der Waals surface area contributed by atoms with Crippen molar-refractivity contribution < 1.29 is 14.3 Å². The maximum absolute atomic E-state index is 11.0. The van der Waals surface area contributed by atoms with E-state index in [1.54, 1.807) is 36.9 Å². The van der Waals surface area contributed by atoms with Gasteiger partial charge in [-0.25, -0.2) is 4.98 Å². The SMILES string of the molecule is COc1ccc(-c2nc(-c3ccc(CNC(C)=O)s3)cs2)cc1OC. The minimum atomic E-state index is -0.0284. The Morgan fingerprint density at radius 1 is 1.16 bits per heavy atom. The van der Waals surface area contributed by atoms with Gasteiger partial charge in [-0.1, -0.05) is 0 Å². The number of methoxy groups -OCH3 is 2. The predicted octanol–water partition coefficient (Wildman–Crippen LogP) is 4.19. The smallest absolute Gasteiger partial charge is 0.217 e. The first-order valence-corrected chi connectivity index (χ1v) is 9.31. The average Bonchev–Trinajstić information content (AvgIpc) is 3.28. The third-order valence-corrected chi connectivity index (χ3v) is 5.56. The van der Waals surface area contributed by atoms with Crippen LogP contribution < -0.4 is 14.8 Å². The zero-order valence-electron chi connectivity index (χ0n) is 14.2. The highest BCUT2D eigenvalue weighted by molar-refractivity contribution is 7.16. The molecule has 2 heterocycles. The normalized spacial score (nSPS) is 10.5. The van der Waals surface area contributed by atoms with Crippen LogP contribution in [0.1, 0.15) is 11.8 Å². The Morgan fingerprint density at radius 3 is 2.68 bits per heavy atom. The number of thiophene rings is 1. The van der Waals surface area contributed by atoms with Crippen molar-refractivity contribution in [2.45, 2.75) is 13.5 Å². The Labute approximate surface area is 154 Å². The number of nitrogens with zero attached hydrogens (tertiary/aromatic N) is 1. The minimum Gasteiger partial charge on any atom is -0.493 e. The highest BCUT2D eigenvalue weighted by Crippen LogP contribution is 2.36. The van der Waals surface area contributed by atoms with E-state index >= 15 is 0 Å². The molecule has 1 aromatic carbocycles. The van der Waals surface area contributed by atoms with Crippen molar-refractivity contribution in [2.75, 3.05) is 14.2 Å². The molecular weight excluding hydrogens is 356 g/mol. The van der Waals surface area contributed by atoms with Crippen LogP contribution in [0.3, 0.4) is 0 Å². The van der Waals surface area contributed by atoms with Crippen LogP contribution >= 0.6 is 22.7 Å². The van der Waals surface area contributed by atoms with Crippen molar-refractivity contribution >= 4 is 28.6 Å². The summed E-state index contributed by atoms with van der Waals surface area (Å²) in [7, 11) is 3.24. The van der Waals surface area contributed by atoms with Gasteiger partial charge in [-0.15, -0.1) is 22.7 Å². The second-order valence-corrected chi connectivity index (χ2v) is 7.31. The molecule has 0 spiro atoms. The summed E-state index contributed by atoms with van der Waals surface area (Å²) in [5.74, 6) is 1.36. The number of thiazole rings is 1. The molecule has 0 aliphatic rings. The number of aromatic nitrogens is 1. The fourth-order valence-electron chi connectivity index (χ4n) is 2.31. The van der Waals surface area contributed by atoms with Crippen LogP contribution in [0.4, 0.5) is 0 Å².